The third kappa shape index (κ3) is 4.86. The summed E-state index contributed by atoms with van der Waals surface area (Å²) in [5.74, 6) is 0.357. The van der Waals surface area contributed by atoms with Gasteiger partial charge in [0.25, 0.3) is 0 Å². The molecular formula is C13H22N2OS. The van der Waals surface area contributed by atoms with E-state index in [1.54, 1.807) is 11.3 Å². The normalized spacial score (nSPS) is 12.4. The monoisotopic (exact) mass is 254 g/mol. The molecule has 0 fully saturated rings. The van der Waals surface area contributed by atoms with Gasteiger partial charge in [0.05, 0.1) is 11.6 Å². The molecule has 0 radical (unpaired) electrons. The van der Waals surface area contributed by atoms with E-state index in [9.17, 15) is 4.79 Å². The lowest BCUT2D eigenvalue weighted by Crippen LogP contribution is -2.29. The van der Waals surface area contributed by atoms with Crippen molar-refractivity contribution in [1.29, 1.82) is 0 Å². The summed E-state index contributed by atoms with van der Waals surface area (Å²) in [5.41, 5.74) is 0. The number of hydrogen-bond donors (Lipinski definition) is 1. The molecule has 17 heavy (non-hydrogen) atoms. The van der Waals surface area contributed by atoms with Crippen molar-refractivity contribution in [2.45, 2.75) is 53.0 Å². The van der Waals surface area contributed by atoms with Gasteiger partial charge in [-0.1, -0.05) is 26.7 Å². The molecular weight excluding hydrogens is 232 g/mol. The van der Waals surface area contributed by atoms with E-state index in [0.29, 0.717) is 6.54 Å². The van der Waals surface area contributed by atoms with Gasteiger partial charge in [-0.15, -0.1) is 11.3 Å². The van der Waals surface area contributed by atoms with Crippen LogP contribution in [0.25, 0.3) is 0 Å². The number of aryl methyl sites for hydroxylation is 1. The fraction of sp³-hybridized carbons (Fsp3) is 0.692. The van der Waals surface area contributed by atoms with Crippen molar-refractivity contribution in [3.8, 4) is 0 Å². The van der Waals surface area contributed by atoms with E-state index in [0.717, 1.165) is 35.6 Å². The Morgan fingerprint density at radius 1 is 1.53 bits per heavy atom. The van der Waals surface area contributed by atoms with E-state index in [2.05, 4.69) is 24.1 Å². The van der Waals surface area contributed by atoms with Gasteiger partial charge in [-0.3, -0.25) is 4.79 Å². The highest BCUT2D eigenvalue weighted by molar-refractivity contribution is 7.11. The maximum atomic E-state index is 11.9. The van der Waals surface area contributed by atoms with Crippen molar-refractivity contribution < 1.29 is 4.79 Å². The molecule has 0 saturated carbocycles. The van der Waals surface area contributed by atoms with Gasteiger partial charge in [0, 0.05) is 17.0 Å². The molecule has 1 heterocycles. The molecule has 1 atom stereocenters. The predicted molar refractivity (Wildman–Crippen MR) is 72.0 cm³/mol. The number of thiazole rings is 1. The molecule has 0 aliphatic carbocycles. The van der Waals surface area contributed by atoms with E-state index in [-0.39, 0.29) is 11.8 Å². The van der Waals surface area contributed by atoms with Gasteiger partial charge in [-0.25, -0.2) is 4.98 Å². The number of rotatable bonds is 7. The van der Waals surface area contributed by atoms with Gasteiger partial charge in [0.15, 0.2) is 0 Å². The van der Waals surface area contributed by atoms with Gasteiger partial charge in [0.1, 0.15) is 0 Å². The second-order valence-electron chi connectivity index (χ2n) is 4.31. The van der Waals surface area contributed by atoms with Crippen molar-refractivity contribution in [3.05, 3.63) is 16.1 Å². The Labute approximate surface area is 108 Å². The number of unbranched alkanes of at least 4 members (excludes halogenated alkanes) is 1. The van der Waals surface area contributed by atoms with E-state index in [1.165, 1.54) is 0 Å². The standard InChI is InChI=1S/C13H22N2OS/c1-4-6-7-11(5-2)13(16)15-9-12-8-14-10(3)17-12/h8,11H,4-7,9H2,1-3H3,(H,15,16)/t11-/m1/s1. The van der Waals surface area contributed by atoms with Gasteiger partial charge in [-0.05, 0) is 19.8 Å². The fourth-order valence-corrected chi connectivity index (χ4v) is 2.51. The van der Waals surface area contributed by atoms with E-state index < -0.39 is 0 Å². The second-order valence-corrected chi connectivity index (χ2v) is 5.63. The lowest BCUT2D eigenvalue weighted by atomic mass is 9.98. The summed E-state index contributed by atoms with van der Waals surface area (Å²) in [7, 11) is 0. The minimum absolute atomic E-state index is 0.170. The Hall–Kier alpha value is -0.900. The van der Waals surface area contributed by atoms with Crippen molar-refractivity contribution in [1.82, 2.24) is 10.3 Å². The smallest absolute Gasteiger partial charge is 0.223 e. The van der Waals surface area contributed by atoms with Crippen molar-refractivity contribution >= 4 is 17.2 Å². The first kappa shape index (κ1) is 14.2. The van der Waals surface area contributed by atoms with Crippen LogP contribution >= 0.6 is 11.3 Å². The lowest BCUT2D eigenvalue weighted by Gasteiger charge is -2.13. The van der Waals surface area contributed by atoms with Crippen LogP contribution in [0.3, 0.4) is 0 Å². The third-order valence-electron chi connectivity index (χ3n) is 2.88. The highest BCUT2D eigenvalue weighted by Gasteiger charge is 2.15. The summed E-state index contributed by atoms with van der Waals surface area (Å²) in [5, 5.41) is 4.05. The van der Waals surface area contributed by atoms with Gasteiger partial charge in [0.2, 0.25) is 5.91 Å². The molecule has 4 heteroatoms. The van der Waals surface area contributed by atoms with Crippen LogP contribution in [-0.4, -0.2) is 10.9 Å². The fourth-order valence-electron chi connectivity index (χ4n) is 1.78. The Morgan fingerprint density at radius 3 is 2.82 bits per heavy atom. The molecule has 0 aliphatic heterocycles. The summed E-state index contributed by atoms with van der Waals surface area (Å²) in [4.78, 5) is 17.2. The number of hydrogen-bond acceptors (Lipinski definition) is 3. The molecule has 1 aromatic rings. The number of nitrogens with zero attached hydrogens (tertiary/aromatic N) is 1. The SMILES string of the molecule is CCCC[C@@H](CC)C(=O)NCc1cnc(C)s1. The zero-order valence-corrected chi connectivity index (χ0v) is 11.8. The summed E-state index contributed by atoms with van der Waals surface area (Å²) in [6.45, 7) is 6.83. The van der Waals surface area contributed by atoms with Gasteiger partial charge < -0.3 is 5.32 Å². The summed E-state index contributed by atoms with van der Waals surface area (Å²) in [6, 6.07) is 0. The molecule has 96 valence electrons. The largest absolute Gasteiger partial charge is 0.351 e. The molecule has 0 saturated heterocycles. The zero-order valence-electron chi connectivity index (χ0n) is 11.0. The first-order chi connectivity index (χ1) is 8.17. The number of carbonyl (C=O) groups is 1. The quantitative estimate of drug-likeness (QED) is 0.811. The maximum absolute atomic E-state index is 11.9. The number of nitrogens with one attached hydrogen (secondary N) is 1. The zero-order chi connectivity index (χ0) is 12.7. The van der Waals surface area contributed by atoms with Crippen LogP contribution in [0.15, 0.2) is 6.20 Å². The molecule has 0 bridgehead atoms. The van der Waals surface area contributed by atoms with Crippen LogP contribution in [0.2, 0.25) is 0 Å². The highest BCUT2D eigenvalue weighted by Crippen LogP contribution is 2.14. The second kappa shape index (κ2) is 7.43. The summed E-state index contributed by atoms with van der Waals surface area (Å²) < 4.78 is 0. The van der Waals surface area contributed by atoms with Crippen LogP contribution < -0.4 is 5.32 Å². The van der Waals surface area contributed by atoms with Crippen LogP contribution in [-0.2, 0) is 11.3 Å². The lowest BCUT2D eigenvalue weighted by molar-refractivity contribution is -0.125. The maximum Gasteiger partial charge on any atom is 0.223 e. The summed E-state index contributed by atoms with van der Waals surface area (Å²) in [6.07, 6.45) is 6.05. The Morgan fingerprint density at radius 2 is 2.29 bits per heavy atom. The topological polar surface area (TPSA) is 42.0 Å². The third-order valence-corrected chi connectivity index (χ3v) is 3.79. The van der Waals surface area contributed by atoms with Crippen LogP contribution in [0.4, 0.5) is 0 Å². The van der Waals surface area contributed by atoms with Gasteiger partial charge in [-0.2, -0.15) is 0 Å². The molecule has 0 spiro atoms. The van der Waals surface area contributed by atoms with E-state index in [4.69, 9.17) is 0 Å². The average Bonchev–Trinajstić information content (AvgIpc) is 2.73. The molecule has 0 aromatic carbocycles. The molecule has 1 rings (SSSR count). The highest BCUT2D eigenvalue weighted by atomic mass is 32.1. The molecule has 1 N–H and O–H groups in total. The molecule has 1 amide bonds. The minimum atomic E-state index is 0.170. The Bertz CT molecular complexity index is 349. The van der Waals surface area contributed by atoms with Crippen LogP contribution in [0.5, 0.6) is 0 Å². The van der Waals surface area contributed by atoms with Crippen molar-refractivity contribution in [2.24, 2.45) is 5.92 Å². The van der Waals surface area contributed by atoms with Crippen LogP contribution in [0, 0.1) is 12.8 Å². The number of carbonyl (C=O) groups excluding carboxylic acids is 1. The molecule has 0 unspecified atom stereocenters. The predicted octanol–water partition coefficient (Wildman–Crippen LogP) is 3.28. The summed E-state index contributed by atoms with van der Waals surface area (Å²) >= 11 is 1.64. The molecule has 3 nitrogen and oxygen atoms in total. The number of aromatic nitrogens is 1. The first-order valence-electron chi connectivity index (χ1n) is 6.36. The molecule has 1 aromatic heterocycles. The van der Waals surface area contributed by atoms with E-state index in [1.807, 2.05) is 13.1 Å². The average molecular weight is 254 g/mol. The minimum Gasteiger partial charge on any atom is -0.351 e. The van der Waals surface area contributed by atoms with Crippen molar-refractivity contribution in [3.63, 3.8) is 0 Å². The number of amides is 1. The van der Waals surface area contributed by atoms with E-state index >= 15 is 0 Å². The van der Waals surface area contributed by atoms with Crippen molar-refractivity contribution in [2.75, 3.05) is 0 Å². The Balaban J connectivity index is 2.36. The van der Waals surface area contributed by atoms with Gasteiger partial charge >= 0.3 is 0 Å². The molecule has 0 aliphatic rings. The first-order valence-corrected chi connectivity index (χ1v) is 7.18. The van der Waals surface area contributed by atoms with Crippen LogP contribution in [0.1, 0.15) is 49.4 Å². The Kier molecular flexibility index (Phi) is 6.19.